The molecule has 2 amide bonds. The lowest BCUT2D eigenvalue weighted by Crippen LogP contribution is -2.39. The summed E-state index contributed by atoms with van der Waals surface area (Å²) >= 11 is 0. The van der Waals surface area contributed by atoms with Gasteiger partial charge in [0.15, 0.2) is 0 Å². The highest BCUT2D eigenvalue weighted by molar-refractivity contribution is 5.79. The Hall–Kier alpha value is -2.66. The number of hydrogen-bond acceptors (Lipinski definition) is 3. The van der Waals surface area contributed by atoms with Crippen molar-refractivity contribution in [1.82, 2.24) is 15.5 Å². The van der Waals surface area contributed by atoms with E-state index in [2.05, 4.69) is 46.7 Å². The molecular formula is C23H29N3O2. The van der Waals surface area contributed by atoms with E-state index in [1.807, 2.05) is 36.4 Å². The molecule has 0 aromatic heterocycles. The molecular weight excluding hydrogens is 350 g/mol. The summed E-state index contributed by atoms with van der Waals surface area (Å²) in [5.41, 5.74) is 2.24. The maximum absolute atomic E-state index is 12.6. The zero-order valence-corrected chi connectivity index (χ0v) is 16.6. The maximum Gasteiger partial charge on any atom is 0.222 e. The van der Waals surface area contributed by atoms with E-state index >= 15 is 0 Å². The average molecular weight is 380 g/mol. The monoisotopic (exact) mass is 379 g/mol. The van der Waals surface area contributed by atoms with Gasteiger partial charge in [-0.05, 0) is 24.5 Å². The number of hydrogen-bond donors (Lipinski definition) is 2. The minimum atomic E-state index is -0.306. The van der Waals surface area contributed by atoms with Crippen LogP contribution in [0.1, 0.15) is 49.9 Å². The van der Waals surface area contributed by atoms with E-state index < -0.39 is 0 Å². The van der Waals surface area contributed by atoms with Crippen molar-refractivity contribution >= 4 is 11.8 Å². The molecule has 2 aromatic rings. The normalized spacial score (nSPS) is 19.0. The van der Waals surface area contributed by atoms with E-state index in [0.29, 0.717) is 6.04 Å². The van der Waals surface area contributed by atoms with Crippen LogP contribution in [-0.2, 0) is 9.59 Å². The highest BCUT2D eigenvalue weighted by Crippen LogP contribution is 2.25. The van der Waals surface area contributed by atoms with Crippen molar-refractivity contribution in [3.05, 3.63) is 71.8 Å². The van der Waals surface area contributed by atoms with Crippen LogP contribution >= 0.6 is 0 Å². The summed E-state index contributed by atoms with van der Waals surface area (Å²) in [4.78, 5) is 26.6. The van der Waals surface area contributed by atoms with Gasteiger partial charge in [0.1, 0.15) is 0 Å². The van der Waals surface area contributed by atoms with Gasteiger partial charge in [-0.25, -0.2) is 0 Å². The average Bonchev–Trinajstić information content (AvgIpc) is 3.16. The van der Waals surface area contributed by atoms with Gasteiger partial charge in [-0.1, -0.05) is 60.7 Å². The lowest BCUT2D eigenvalue weighted by atomic mass is 10.0. The van der Waals surface area contributed by atoms with Crippen molar-refractivity contribution in [1.29, 1.82) is 0 Å². The largest absolute Gasteiger partial charge is 0.352 e. The highest BCUT2D eigenvalue weighted by Gasteiger charge is 2.28. The molecule has 148 valence electrons. The molecule has 1 heterocycles. The first kappa shape index (κ1) is 20.1. The molecule has 1 aliphatic heterocycles. The second-order valence-corrected chi connectivity index (χ2v) is 7.50. The number of amides is 2. The van der Waals surface area contributed by atoms with Gasteiger partial charge in [0.2, 0.25) is 11.8 Å². The van der Waals surface area contributed by atoms with E-state index in [1.54, 1.807) is 0 Å². The number of nitrogens with one attached hydrogen (secondary N) is 2. The van der Waals surface area contributed by atoms with Crippen molar-refractivity contribution in [3.63, 3.8) is 0 Å². The highest BCUT2D eigenvalue weighted by atomic mass is 16.2. The van der Waals surface area contributed by atoms with Crippen LogP contribution in [-0.4, -0.2) is 35.8 Å². The molecule has 3 atom stereocenters. The van der Waals surface area contributed by atoms with Crippen molar-refractivity contribution in [2.24, 2.45) is 0 Å². The van der Waals surface area contributed by atoms with Crippen LogP contribution in [0.25, 0.3) is 0 Å². The first-order valence-electron chi connectivity index (χ1n) is 9.93. The third-order valence-electron chi connectivity index (χ3n) is 5.38. The summed E-state index contributed by atoms with van der Waals surface area (Å²) in [6.07, 6.45) is 1.19. The Morgan fingerprint density at radius 3 is 2.25 bits per heavy atom. The fraction of sp³-hybridized carbons (Fsp3) is 0.391. The molecule has 0 spiro atoms. The zero-order chi connectivity index (χ0) is 19.9. The Kier molecular flexibility index (Phi) is 6.82. The molecule has 1 aliphatic rings. The third-order valence-corrected chi connectivity index (χ3v) is 5.38. The van der Waals surface area contributed by atoms with Crippen molar-refractivity contribution < 1.29 is 9.59 Å². The first-order chi connectivity index (χ1) is 13.5. The fourth-order valence-corrected chi connectivity index (χ4v) is 3.85. The Balaban J connectivity index is 1.55. The Labute approximate surface area is 167 Å². The maximum atomic E-state index is 12.6. The Morgan fingerprint density at radius 2 is 1.64 bits per heavy atom. The van der Waals surface area contributed by atoms with Crippen LogP contribution in [0.2, 0.25) is 0 Å². The number of rotatable bonds is 7. The quantitative estimate of drug-likeness (QED) is 0.777. The molecule has 0 saturated carbocycles. The fourth-order valence-electron chi connectivity index (χ4n) is 3.85. The van der Waals surface area contributed by atoms with Gasteiger partial charge in [-0.2, -0.15) is 0 Å². The smallest absolute Gasteiger partial charge is 0.222 e. The predicted molar refractivity (Wildman–Crippen MR) is 111 cm³/mol. The molecule has 3 rings (SSSR count). The molecule has 5 nitrogen and oxygen atoms in total. The summed E-state index contributed by atoms with van der Waals surface area (Å²) in [5, 5.41) is 6.05. The Bertz CT molecular complexity index is 779. The van der Waals surface area contributed by atoms with Crippen LogP contribution in [0.3, 0.4) is 0 Å². The number of likely N-dealkylation sites (tertiary alicyclic amines) is 1. The molecule has 0 bridgehead atoms. The van der Waals surface area contributed by atoms with Gasteiger partial charge in [-0.3, -0.25) is 14.5 Å². The summed E-state index contributed by atoms with van der Waals surface area (Å²) < 4.78 is 0. The molecule has 0 radical (unpaired) electrons. The lowest BCUT2D eigenvalue weighted by Gasteiger charge is -2.25. The zero-order valence-electron chi connectivity index (χ0n) is 16.6. The van der Waals surface area contributed by atoms with Gasteiger partial charge in [0, 0.05) is 32.1 Å². The van der Waals surface area contributed by atoms with Crippen molar-refractivity contribution in [2.75, 3.05) is 13.1 Å². The SMILES string of the molecule is CC(=O)NC(CC(=O)NC1CCN(C(C)c2ccccc2)C1)c1ccccc1. The molecule has 2 aromatic carbocycles. The topological polar surface area (TPSA) is 61.4 Å². The number of carbonyl (C=O) groups excluding carboxylic acids is 2. The molecule has 0 aliphatic carbocycles. The molecule has 1 fully saturated rings. The second kappa shape index (κ2) is 9.51. The van der Waals surface area contributed by atoms with Gasteiger partial charge >= 0.3 is 0 Å². The lowest BCUT2D eigenvalue weighted by molar-refractivity contribution is -0.123. The van der Waals surface area contributed by atoms with Crippen LogP contribution in [0.15, 0.2) is 60.7 Å². The van der Waals surface area contributed by atoms with Gasteiger partial charge in [-0.15, -0.1) is 0 Å². The number of benzene rings is 2. The second-order valence-electron chi connectivity index (χ2n) is 7.50. The molecule has 2 N–H and O–H groups in total. The summed E-state index contributed by atoms with van der Waals surface area (Å²) in [7, 11) is 0. The predicted octanol–water partition coefficient (Wildman–Crippen LogP) is 3.21. The van der Waals surface area contributed by atoms with E-state index in [-0.39, 0.29) is 30.3 Å². The van der Waals surface area contributed by atoms with E-state index in [9.17, 15) is 9.59 Å². The van der Waals surface area contributed by atoms with Crippen LogP contribution in [0, 0.1) is 0 Å². The molecule has 1 saturated heterocycles. The minimum Gasteiger partial charge on any atom is -0.352 e. The van der Waals surface area contributed by atoms with Gasteiger partial charge < -0.3 is 10.6 Å². The standard InChI is InChI=1S/C23H29N3O2/c1-17(19-9-5-3-6-10-19)26-14-13-21(16-26)25-23(28)15-22(24-18(2)27)20-11-7-4-8-12-20/h3-12,17,21-22H,13-16H2,1-2H3,(H,24,27)(H,25,28). The molecule has 5 heteroatoms. The van der Waals surface area contributed by atoms with E-state index in [4.69, 9.17) is 0 Å². The van der Waals surface area contributed by atoms with E-state index in [1.165, 1.54) is 12.5 Å². The molecule has 3 unspecified atom stereocenters. The minimum absolute atomic E-state index is 0.0261. The number of nitrogens with zero attached hydrogens (tertiary/aromatic N) is 1. The first-order valence-corrected chi connectivity index (χ1v) is 9.93. The summed E-state index contributed by atoms with van der Waals surface area (Å²) in [5.74, 6) is -0.160. The van der Waals surface area contributed by atoms with Crippen LogP contribution in [0.5, 0.6) is 0 Å². The van der Waals surface area contributed by atoms with Crippen LogP contribution < -0.4 is 10.6 Å². The van der Waals surface area contributed by atoms with Crippen molar-refractivity contribution in [2.45, 2.75) is 44.8 Å². The molecule has 28 heavy (non-hydrogen) atoms. The van der Waals surface area contributed by atoms with Gasteiger partial charge in [0.25, 0.3) is 0 Å². The Morgan fingerprint density at radius 1 is 1.04 bits per heavy atom. The third kappa shape index (κ3) is 5.42. The number of carbonyl (C=O) groups is 2. The van der Waals surface area contributed by atoms with Gasteiger partial charge in [0.05, 0.1) is 12.5 Å². The van der Waals surface area contributed by atoms with Crippen LogP contribution in [0.4, 0.5) is 0 Å². The summed E-state index contributed by atoms with van der Waals surface area (Å²) in [6.45, 7) is 5.50. The summed E-state index contributed by atoms with van der Waals surface area (Å²) in [6, 6.07) is 20.3. The van der Waals surface area contributed by atoms with Crippen molar-refractivity contribution in [3.8, 4) is 0 Å². The van der Waals surface area contributed by atoms with E-state index in [0.717, 1.165) is 25.1 Å².